The Morgan fingerprint density at radius 2 is 1.31 bits per heavy atom. The molecule has 1 radical (unpaired) electrons. The quantitative estimate of drug-likeness (QED) is 0.133. The Bertz CT molecular complexity index is 2230. The van der Waals surface area contributed by atoms with E-state index in [1.165, 1.54) is 38.2 Å². The smallest absolute Gasteiger partial charge is 0.0755 e. The van der Waals surface area contributed by atoms with Crippen LogP contribution in [0.1, 0.15) is 11.1 Å². The molecule has 0 amide bonds. The fourth-order valence-corrected chi connectivity index (χ4v) is 5.66. The van der Waals surface area contributed by atoms with Gasteiger partial charge in [-0.25, -0.2) is 0 Å². The van der Waals surface area contributed by atoms with Gasteiger partial charge in [0.2, 0.25) is 0 Å². The molecule has 8 aromatic rings. The first-order chi connectivity index (χ1) is 21.6. The Kier molecular flexibility index (Phi) is 8.88. The van der Waals surface area contributed by atoms with Gasteiger partial charge in [0.15, 0.2) is 0 Å². The average Bonchev–Trinajstić information content (AvgIpc) is 3.08. The van der Waals surface area contributed by atoms with Crippen LogP contribution >= 0.6 is 0 Å². The molecule has 0 unspecified atom stereocenters. The molecule has 6 aromatic carbocycles. The second kappa shape index (κ2) is 13.3. The van der Waals surface area contributed by atoms with Crippen molar-refractivity contribution < 1.29 is 20.1 Å². The van der Waals surface area contributed by atoms with Crippen molar-refractivity contribution in [2.75, 3.05) is 0 Å². The molecule has 8 rings (SSSR count). The van der Waals surface area contributed by atoms with Crippen molar-refractivity contribution in [1.82, 2.24) is 15.0 Å². The molecule has 0 atom stereocenters. The Balaban J connectivity index is 0.000000166. The van der Waals surface area contributed by atoms with Gasteiger partial charge >= 0.3 is 0 Å². The van der Waals surface area contributed by atoms with E-state index in [0.29, 0.717) is 5.82 Å². The summed E-state index contributed by atoms with van der Waals surface area (Å²) < 4.78 is 0. The third-order valence-electron chi connectivity index (χ3n) is 7.70. The Morgan fingerprint density at radius 1 is 0.578 bits per heavy atom. The number of pyridine rings is 1. The second-order valence-corrected chi connectivity index (χ2v) is 10.9. The Hall–Kier alpha value is -5.02. The van der Waals surface area contributed by atoms with Crippen molar-refractivity contribution in [2.24, 2.45) is 0 Å². The fraction of sp³-hybridized carbons (Fsp3) is 0.0488. The van der Waals surface area contributed by atoms with Crippen LogP contribution in [0.15, 0.2) is 140 Å². The van der Waals surface area contributed by atoms with E-state index in [-0.39, 0.29) is 20.1 Å². The molecule has 2 heterocycles. The van der Waals surface area contributed by atoms with Crippen molar-refractivity contribution >= 4 is 32.4 Å². The van der Waals surface area contributed by atoms with Gasteiger partial charge in [0.05, 0.1) is 11.3 Å². The van der Waals surface area contributed by atoms with Gasteiger partial charge in [0.25, 0.3) is 0 Å². The molecule has 0 spiro atoms. The van der Waals surface area contributed by atoms with Crippen LogP contribution in [0.25, 0.3) is 66.2 Å². The SMILES string of the molecule is Cc1[c-]c(-c2cc3ccccc3cn2)cc(C)c1.[Ir].[c-]1ccccc1-c1ncc2c(cc(-c3ccccc3)c3ccccc32)n1. The van der Waals surface area contributed by atoms with Gasteiger partial charge in [-0.2, -0.15) is 0 Å². The zero-order chi connectivity index (χ0) is 29.9. The molecular formula is C41H29IrN3-2. The Morgan fingerprint density at radius 3 is 2.09 bits per heavy atom. The zero-order valence-corrected chi connectivity index (χ0v) is 27.3. The molecule has 0 saturated heterocycles. The summed E-state index contributed by atoms with van der Waals surface area (Å²) in [5.74, 6) is 0.701. The van der Waals surface area contributed by atoms with Crippen LogP contribution in [0.2, 0.25) is 0 Å². The first kappa shape index (κ1) is 30.0. The predicted octanol–water partition coefficient (Wildman–Crippen LogP) is 10.2. The second-order valence-electron chi connectivity index (χ2n) is 10.9. The summed E-state index contributed by atoms with van der Waals surface area (Å²) >= 11 is 0. The monoisotopic (exact) mass is 756 g/mol. The third-order valence-corrected chi connectivity index (χ3v) is 7.70. The topological polar surface area (TPSA) is 38.7 Å². The van der Waals surface area contributed by atoms with E-state index in [1.807, 2.05) is 48.8 Å². The third kappa shape index (κ3) is 6.44. The van der Waals surface area contributed by atoms with Crippen molar-refractivity contribution in [1.29, 1.82) is 0 Å². The summed E-state index contributed by atoms with van der Waals surface area (Å²) in [6, 6.07) is 50.1. The summed E-state index contributed by atoms with van der Waals surface area (Å²) in [5.41, 5.74) is 8.69. The molecule has 219 valence electrons. The van der Waals surface area contributed by atoms with E-state index in [2.05, 4.69) is 127 Å². The molecule has 2 aromatic heterocycles. The van der Waals surface area contributed by atoms with Crippen molar-refractivity contribution in [2.45, 2.75) is 13.8 Å². The van der Waals surface area contributed by atoms with E-state index in [9.17, 15) is 0 Å². The number of aromatic nitrogens is 3. The van der Waals surface area contributed by atoms with E-state index in [4.69, 9.17) is 4.98 Å². The van der Waals surface area contributed by atoms with Gasteiger partial charge in [0, 0.05) is 37.9 Å². The van der Waals surface area contributed by atoms with Gasteiger partial charge in [0.1, 0.15) is 0 Å². The molecule has 0 saturated carbocycles. The molecule has 0 N–H and O–H groups in total. The molecule has 45 heavy (non-hydrogen) atoms. The summed E-state index contributed by atoms with van der Waals surface area (Å²) in [7, 11) is 0. The molecule has 0 bridgehead atoms. The molecule has 0 aliphatic heterocycles. The summed E-state index contributed by atoms with van der Waals surface area (Å²) in [4.78, 5) is 14.0. The van der Waals surface area contributed by atoms with Gasteiger partial charge in [-0.15, -0.1) is 70.8 Å². The number of aryl methyl sites for hydroxylation is 2. The van der Waals surface area contributed by atoms with E-state index in [0.717, 1.165) is 33.3 Å². The predicted molar refractivity (Wildman–Crippen MR) is 182 cm³/mol. The number of rotatable bonds is 3. The first-order valence-corrected chi connectivity index (χ1v) is 14.7. The normalized spacial score (nSPS) is 10.7. The standard InChI is InChI=1S/C24H15N2.C17H14N.Ir/c1-3-9-17(10-4-1)21-15-23-22(20-14-8-7-13-19(20)21)16-25-24(26-23)18-11-5-2-6-12-18;1-12-7-13(2)9-16(8-12)17-10-14-5-3-4-6-15(14)11-18-17;/h1-11,13-16H;3-8,10-11H,1-2H3;/q2*-1;. The van der Waals surface area contributed by atoms with Gasteiger partial charge < -0.3 is 4.98 Å². The Labute approximate surface area is 277 Å². The minimum Gasteiger partial charge on any atom is -0.304 e. The number of hydrogen-bond acceptors (Lipinski definition) is 3. The van der Waals surface area contributed by atoms with Crippen LogP contribution in [-0.2, 0) is 20.1 Å². The van der Waals surface area contributed by atoms with Gasteiger partial charge in [-0.3, -0.25) is 9.97 Å². The van der Waals surface area contributed by atoms with Crippen LogP contribution in [0.5, 0.6) is 0 Å². The van der Waals surface area contributed by atoms with Gasteiger partial charge in [-0.1, -0.05) is 98.8 Å². The van der Waals surface area contributed by atoms with Crippen LogP contribution < -0.4 is 0 Å². The molecule has 4 heteroatoms. The fourth-order valence-electron chi connectivity index (χ4n) is 5.66. The van der Waals surface area contributed by atoms with Crippen LogP contribution in [0, 0.1) is 26.0 Å². The number of hydrogen-bond donors (Lipinski definition) is 0. The summed E-state index contributed by atoms with van der Waals surface area (Å²) in [6.45, 7) is 4.17. The van der Waals surface area contributed by atoms with E-state index in [1.54, 1.807) is 0 Å². The minimum absolute atomic E-state index is 0. The molecule has 0 aliphatic carbocycles. The van der Waals surface area contributed by atoms with Crippen molar-refractivity contribution in [3.8, 4) is 33.8 Å². The summed E-state index contributed by atoms with van der Waals surface area (Å²) in [6.07, 6.45) is 3.85. The van der Waals surface area contributed by atoms with Crippen LogP contribution in [-0.4, -0.2) is 15.0 Å². The van der Waals surface area contributed by atoms with Crippen molar-refractivity contribution in [3.63, 3.8) is 0 Å². The van der Waals surface area contributed by atoms with Gasteiger partial charge in [-0.05, 0) is 44.4 Å². The zero-order valence-electron chi connectivity index (χ0n) is 25.0. The number of fused-ring (bicyclic) bond motifs is 4. The van der Waals surface area contributed by atoms with E-state index >= 15 is 0 Å². The maximum atomic E-state index is 4.84. The van der Waals surface area contributed by atoms with Crippen molar-refractivity contribution in [3.05, 3.63) is 163 Å². The first-order valence-electron chi connectivity index (χ1n) is 14.7. The molecule has 0 fully saturated rings. The van der Waals surface area contributed by atoms with E-state index < -0.39 is 0 Å². The molecule has 3 nitrogen and oxygen atoms in total. The molecule has 0 aliphatic rings. The maximum absolute atomic E-state index is 4.84. The number of nitrogens with zero attached hydrogens (tertiary/aromatic N) is 3. The minimum atomic E-state index is 0. The van der Waals surface area contributed by atoms with Crippen LogP contribution in [0.3, 0.4) is 0 Å². The van der Waals surface area contributed by atoms with Crippen LogP contribution in [0.4, 0.5) is 0 Å². The average molecular weight is 756 g/mol. The largest absolute Gasteiger partial charge is 0.304 e. The molecular weight excluding hydrogens is 727 g/mol. The maximum Gasteiger partial charge on any atom is 0.0755 e. The summed E-state index contributed by atoms with van der Waals surface area (Å²) in [5, 5.41) is 5.85. The number of benzene rings is 6.